The Hall–Kier alpha value is -0.610. The number of hydrogen-bond donors (Lipinski definition) is 2. The molecule has 0 radical (unpaired) electrons. The van der Waals surface area contributed by atoms with Gasteiger partial charge in [-0.25, -0.2) is 0 Å². The fourth-order valence-corrected chi connectivity index (χ4v) is 6.59. The number of nitrogens with one attached hydrogen (secondary N) is 1. The van der Waals surface area contributed by atoms with Crippen molar-refractivity contribution in [2.45, 2.75) is 109 Å². The van der Waals surface area contributed by atoms with Crippen molar-refractivity contribution >= 4 is 5.97 Å². The van der Waals surface area contributed by atoms with Gasteiger partial charge in [-0.1, -0.05) is 77.6 Å². The van der Waals surface area contributed by atoms with Crippen LogP contribution in [0.1, 0.15) is 96.8 Å². The summed E-state index contributed by atoms with van der Waals surface area (Å²) >= 11 is 0. The van der Waals surface area contributed by atoms with E-state index < -0.39 is 5.97 Å². The van der Waals surface area contributed by atoms with Crippen molar-refractivity contribution in [2.75, 3.05) is 13.6 Å². The zero-order valence-electron chi connectivity index (χ0n) is 18.4. The summed E-state index contributed by atoms with van der Waals surface area (Å²) in [6.45, 7) is 2.43. The summed E-state index contributed by atoms with van der Waals surface area (Å²) in [5, 5.41) is 13.2. The van der Waals surface area contributed by atoms with E-state index in [1.54, 1.807) is 0 Å². The lowest BCUT2D eigenvalue weighted by atomic mass is 9.62. The molecule has 2 aliphatic carbocycles. The third kappa shape index (κ3) is 5.95. The molecule has 3 rings (SSSR count). The Kier molecular flexibility index (Phi) is 8.65. The molecule has 0 amide bonds. The van der Waals surface area contributed by atoms with Crippen LogP contribution in [0.3, 0.4) is 0 Å². The topological polar surface area (TPSA) is 52.6 Å². The molecule has 5 atom stereocenters. The van der Waals surface area contributed by atoms with Crippen molar-refractivity contribution < 1.29 is 9.90 Å². The Morgan fingerprint density at radius 2 is 1.79 bits per heavy atom. The van der Waals surface area contributed by atoms with E-state index in [9.17, 15) is 9.90 Å². The monoisotopic (exact) mass is 392 g/mol. The van der Waals surface area contributed by atoms with Gasteiger partial charge >= 0.3 is 5.97 Å². The van der Waals surface area contributed by atoms with Crippen molar-refractivity contribution in [1.82, 2.24) is 10.2 Å². The van der Waals surface area contributed by atoms with Gasteiger partial charge in [-0.2, -0.15) is 0 Å². The van der Waals surface area contributed by atoms with Gasteiger partial charge in [-0.05, 0) is 50.0 Å². The predicted molar refractivity (Wildman–Crippen MR) is 115 cm³/mol. The molecule has 0 aromatic carbocycles. The minimum Gasteiger partial charge on any atom is -0.480 e. The quantitative estimate of drug-likeness (QED) is 0.525. The number of nitrogens with zero attached hydrogens (tertiary/aromatic N) is 1. The molecule has 1 heterocycles. The lowest BCUT2D eigenvalue weighted by molar-refractivity contribution is -0.139. The molecular weight excluding hydrogens is 348 g/mol. The molecule has 1 saturated heterocycles. The molecule has 3 aliphatic rings. The number of carboxylic acids is 1. The van der Waals surface area contributed by atoms with Crippen LogP contribution in [-0.2, 0) is 4.79 Å². The lowest BCUT2D eigenvalue weighted by Gasteiger charge is -2.52. The maximum absolute atomic E-state index is 11.3. The van der Waals surface area contributed by atoms with Gasteiger partial charge in [0.25, 0.3) is 0 Å². The zero-order chi connectivity index (χ0) is 19.9. The lowest BCUT2D eigenvalue weighted by Crippen LogP contribution is -2.60. The smallest absolute Gasteiger partial charge is 0.317 e. The Labute approximate surface area is 172 Å². The average Bonchev–Trinajstić information content (AvgIpc) is 2.70. The molecule has 5 unspecified atom stereocenters. The highest BCUT2D eigenvalue weighted by Gasteiger charge is 2.44. The molecule has 0 spiro atoms. The van der Waals surface area contributed by atoms with Crippen LogP contribution in [0.15, 0.2) is 0 Å². The SMILES string of the molecule is CCCCCCC1CCC2C(C1)NC(N(C)CC(=O)O)CC2C1CCCCC1. The van der Waals surface area contributed by atoms with Gasteiger partial charge in [0, 0.05) is 6.04 Å². The fraction of sp³-hybridized carbons (Fsp3) is 0.958. The van der Waals surface area contributed by atoms with Crippen LogP contribution in [0.4, 0.5) is 0 Å². The third-order valence-corrected chi connectivity index (χ3v) is 8.10. The fourth-order valence-electron chi connectivity index (χ4n) is 6.59. The Morgan fingerprint density at radius 3 is 2.50 bits per heavy atom. The number of aliphatic carboxylic acids is 1. The van der Waals surface area contributed by atoms with Crippen LogP contribution >= 0.6 is 0 Å². The van der Waals surface area contributed by atoms with Crippen molar-refractivity contribution in [1.29, 1.82) is 0 Å². The summed E-state index contributed by atoms with van der Waals surface area (Å²) in [7, 11) is 2.00. The van der Waals surface area contributed by atoms with Gasteiger partial charge in [-0.3, -0.25) is 15.0 Å². The Balaban J connectivity index is 1.63. The Morgan fingerprint density at radius 1 is 1.00 bits per heavy atom. The van der Waals surface area contributed by atoms with E-state index in [2.05, 4.69) is 17.1 Å². The van der Waals surface area contributed by atoms with E-state index >= 15 is 0 Å². The first-order valence-corrected chi connectivity index (χ1v) is 12.3. The number of likely N-dealkylation sites (N-methyl/N-ethyl adjacent to an activating group) is 1. The van der Waals surface area contributed by atoms with E-state index in [-0.39, 0.29) is 12.7 Å². The predicted octanol–water partition coefficient (Wildman–Crippen LogP) is 5.27. The second kappa shape index (κ2) is 11.0. The summed E-state index contributed by atoms with van der Waals surface area (Å²) in [6, 6.07) is 0.604. The van der Waals surface area contributed by atoms with E-state index in [0.717, 1.165) is 30.1 Å². The maximum Gasteiger partial charge on any atom is 0.317 e. The molecule has 0 bridgehead atoms. The maximum atomic E-state index is 11.3. The first kappa shape index (κ1) is 22.1. The highest BCUT2D eigenvalue weighted by molar-refractivity contribution is 5.69. The van der Waals surface area contributed by atoms with Gasteiger partial charge in [0.1, 0.15) is 0 Å². The molecule has 2 N–H and O–H groups in total. The van der Waals surface area contributed by atoms with Crippen molar-refractivity contribution in [2.24, 2.45) is 23.7 Å². The zero-order valence-corrected chi connectivity index (χ0v) is 18.4. The number of rotatable bonds is 9. The highest BCUT2D eigenvalue weighted by Crippen LogP contribution is 2.46. The molecule has 3 fully saturated rings. The largest absolute Gasteiger partial charge is 0.480 e. The first-order valence-electron chi connectivity index (χ1n) is 12.3. The summed E-state index contributed by atoms with van der Waals surface area (Å²) in [6.07, 6.45) is 19.4. The summed E-state index contributed by atoms with van der Waals surface area (Å²) in [4.78, 5) is 13.3. The molecule has 4 nitrogen and oxygen atoms in total. The molecule has 28 heavy (non-hydrogen) atoms. The minimum atomic E-state index is -0.710. The van der Waals surface area contributed by atoms with Gasteiger partial charge < -0.3 is 5.11 Å². The highest BCUT2D eigenvalue weighted by atomic mass is 16.4. The molecule has 2 saturated carbocycles. The van der Waals surface area contributed by atoms with Gasteiger partial charge in [0.15, 0.2) is 0 Å². The van der Waals surface area contributed by atoms with Crippen LogP contribution in [-0.4, -0.2) is 41.8 Å². The van der Waals surface area contributed by atoms with Crippen LogP contribution in [0.25, 0.3) is 0 Å². The van der Waals surface area contributed by atoms with E-state index in [4.69, 9.17) is 0 Å². The molecule has 162 valence electrons. The molecule has 1 aliphatic heterocycles. The van der Waals surface area contributed by atoms with Crippen LogP contribution in [0, 0.1) is 23.7 Å². The number of hydrogen-bond acceptors (Lipinski definition) is 3. The van der Waals surface area contributed by atoms with Gasteiger partial charge in [0.2, 0.25) is 0 Å². The van der Waals surface area contributed by atoms with Gasteiger partial charge in [-0.15, -0.1) is 0 Å². The van der Waals surface area contributed by atoms with Crippen molar-refractivity contribution in [3.05, 3.63) is 0 Å². The number of carboxylic acid groups (broad SMARTS) is 1. The molecule has 0 aromatic rings. The van der Waals surface area contributed by atoms with E-state index in [0.29, 0.717) is 6.04 Å². The molecule has 4 heteroatoms. The molecular formula is C24H44N2O2. The number of fused-ring (bicyclic) bond motifs is 1. The summed E-state index contributed by atoms with van der Waals surface area (Å²) < 4.78 is 0. The minimum absolute atomic E-state index is 0.146. The van der Waals surface area contributed by atoms with Crippen LogP contribution in [0.5, 0.6) is 0 Å². The normalized spacial score (nSPS) is 34.3. The third-order valence-electron chi connectivity index (χ3n) is 8.10. The van der Waals surface area contributed by atoms with E-state index in [1.807, 2.05) is 7.05 Å². The summed E-state index contributed by atoms with van der Waals surface area (Å²) in [5.74, 6) is 2.67. The van der Waals surface area contributed by atoms with E-state index in [1.165, 1.54) is 83.5 Å². The average molecular weight is 393 g/mol. The van der Waals surface area contributed by atoms with Gasteiger partial charge in [0.05, 0.1) is 12.7 Å². The summed E-state index contributed by atoms with van der Waals surface area (Å²) in [5.41, 5.74) is 0. The number of piperidine rings is 1. The van der Waals surface area contributed by atoms with Crippen LogP contribution < -0.4 is 5.32 Å². The molecule has 0 aromatic heterocycles. The number of carbonyl (C=O) groups is 1. The Bertz CT molecular complexity index is 477. The second-order valence-electron chi connectivity index (χ2n) is 10.1. The standard InChI is InChI=1S/C24H44N2O2/c1-3-4-5-7-10-18-13-14-20-21(19-11-8-6-9-12-19)16-23(25-22(20)15-18)26(2)17-24(27)28/h18-23,25H,3-17H2,1-2H3,(H,27,28). The van der Waals surface area contributed by atoms with Crippen molar-refractivity contribution in [3.63, 3.8) is 0 Å². The number of unbranched alkanes of at least 4 members (excludes halogenated alkanes) is 3. The van der Waals surface area contributed by atoms with Crippen LogP contribution in [0.2, 0.25) is 0 Å². The second-order valence-corrected chi connectivity index (χ2v) is 10.1. The first-order chi connectivity index (χ1) is 13.6. The van der Waals surface area contributed by atoms with Crippen molar-refractivity contribution in [3.8, 4) is 0 Å².